The SMILES string of the molecule is Cc1oc(-c2ccncc2)nc1CCCCCCOC(C)(C)C(O)CS(=O)(=O)O. The first-order valence-corrected chi connectivity index (χ1v) is 11.3. The molecule has 2 N–H and O–H groups in total. The lowest BCUT2D eigenvalue weighted by molar-refractivity contribution is -0.0930. The van der Waals surface area contributed by atoms with Crippen LogP contribution in [0.15, 0.2) is 28.9 Å². The number of nitrogens with zero attached hydrogens (tertiary/aromatic N) is 2. The van der Waals surface area contributed by atoms with Crippen LogP contribution in [0.3, 0.4) is 0 Å². The van der Waals surface area contributed by atoms with Crippen molar-refractivity contribution in [1.82, 2.24) is 9.97 Å². The highest BCUT2D eigenvalue weighted by molar-refractivity contribution is 7.85. The number of aryl methyl sites for hydroxylation is 2. The Kier molecular flexibility index (Phi) is 8.33. The van der Waals surface area contributed by atoms with Crippen LogP contribution in [0.5, 0.6) is 0 Å². The third-order valence-electron chi connectivity index (χ3n) is 4.77. The summed E-state index contributed by atoms with van der Waals surface area (Å²) in [7, 11) is -4.24. The van der Waals surface area contributed by atoms with Crippen molar-refractivity contribution in [3.8, 4) is 11.5 Å². The van der Waals surface area contributed by atoms with Gasteiger partial charge in [-0.1, -0.05) is 12.8 Å². The summed E-state index contributed by atoms with van der Waals surface area (Å²) in [4.78, 5) is 8.57. The Balaban J connectivity index is 1.67. The Bertz CT molecular complexity index is 864. The van der Waals surface area contributed by atoms with E-state index in [1.54, 1.807) is 26.2 Å². The standard InChI is InChI=1S/C20H30N2O6S/c1-15-17(22-19(28-15)16-9-11-21-12-10-16)8-6-4-5-7-13-27-20(2,3)18(23)14-29(24,25)26/h9-12,18,23H,4-8,13-14H2,1-3H3,(H,24,25,26). The fraction of sp³-hybridized carbons (Fsp3) is 0.600. The van der Waals surface area contributed by atoms with Crippen LogP contribution >= 0.6 is 0 Å². The Hall–Kier alpha value is -1.81. The average Bonchev–Trinajstić information content (AvgIpc) is 3.01. The van der Waals surface area contributed by atoms with Gasteiger partial charge < -0.3 is 14.3 Å². The van der Waals surface area contributed by atoms with Crippen molar-refractivity contribution in [2.45, 2.75) is 64.6 Å². The zero-order chi connectivity index (χ0) is 21.5. The zero-order valence-electron chi connectivity index (χ0n) is 17.2. The van der Waals surface area contributed by atoms with Crippen LogP contribution in [0.1, 0.15) is 51.0 Å². The molecule has 162 valence electrons. The summed E-state index contributed by atoms with van der Waals surface area (Å²) in [5.74, 6) is 0.701. The molecular weight excluding hydrogens is 396 g/mol. The molecule has 9 heteroatoms. The second-order valence-electron chi connectivity index (χ2n) is 7.64. The number of aliphatic hydroxyl groups excluding tert-OH is 1. The molecule has 2 aromatic heterocycles. The molecule has 0 saturated heterocycles. The fourth-order valence-electron chi connectivity index (χ4n) is 2.86. The fourth-order valence-corrected chi connectivity index (χ4v) is 3.66. The zero-order valence-corrected chi connectivity index (χ0v) is 18.0. The first-order chi connectivity index (χ1) is 13.6. The number of pyridine rings is 1. The first kappa shape index (κ1) is 23.5. The van der Waals surface area contributed by atoms with Crippen molar-refractivity contribution in [1.29, 1.82) is 0 Å². The van der Waals surface area contributed by atoms with Crippen LogP contribution < -0.4 is 0 Å². The van der Waals surface area contributed by atoms with E-state index in [-0.39, 0.29) is 0 Å². The summed E-state index contributed by atoms with van der Waals surface area (Å²) in [5.41, 5.74) is 0.824. The molecule has 0 saturated carbocycles. The highest BCUT2D eigenvalue weighted by Gasteiger charge is 2.32. The summed E-state index contributed by atoms with van der Waals surface area (Å²) in [6.45, 7) is 5.54. The van der Waals surface area contributed by atoms with E-state index in [4.69, 9.17) is 13.7 Å². The summed E-state index contributed by atoms with van der Waals surface area (Å²) in [6.07, 6.45) is 6.66. The number of unbranched alkanes of at least 4 members (excludes halogenated alkanes) is 3. The van der Waals surface area contributed by atoms with Crippen LogP contribution in [-0.2, 0) is 21.3 Å². The Labute approximate surface area is 172 Å². The molecule has 0 amide bonds. The number of rotatable bonds is 12. The molecule has 8 nitrogen and oxygen atoms in total. The van der Waals surface area contributed by atoms with Gasteiger partial charge in [0.2, 0.25) is 5.89 Å². The number of ether oxygens (including phenoxy) is 1. The number of hydrogen-bond acceptors (Lipinski definition) is 7. The van der Waals surface area contributed by atoms with Gasteiger partial charge in [0.25, 0.3) is 10.1 Å². The van der Waals surface area contributed by atoms with Crippen LogP contribution in [0.4, 0.5) is 0 Å². The van der Waals surface area contributed by atoms with Crippen molar-refractivity contribution in [3.63, 3.8) is 0 Å². The minimum Gasteiger partial charge on any atom is -0.441 e. The molecule has 0 bridgehead atoms. The van der Waals surface area contributed by atoms with Crippen LogP contribution in [0.2, 0.25) is 0 Å². The second kappa shape index (κ2) is 10.3. The molecule has 2 rings (SSSR count). The maximum Gasteiger partial charge on any atom is 0.267 e. The molecule has 2 heterocycles. The van der Waals surface area contributed by atoms with E-state index in [0.717, 1.165) is 49.1 Å². The minimum atomic E-state index is -4.24. The molecule has 1 atom stereocenters. The molecule has 0 aliphatic carbocycles. The Morgan fingerprint density at radius 1 is 1.17 bits per heavy atom. The predicted octanol–water partition coefficient (Wildman–Crippen LogP) is 3.19. The molecule has 2 aromatic rings. The molecule has 0 spiro atoms. The topological polar surface area (TPSA) is 123 Å². The van der Waals surface area contributed by atoms with Crippen molar-refractivity contribution < 1.29 is 27.2 Å². The van der Waals surface area contributed by atoms with Crippen LogP contribution in [0, 0.1) is 6.92 Å². The molecule has 1 unspecified atom stereocenters. The Morgan fingerprint density at radius 3 is 2.48 bits per heavy atom. The lowest BCUT2D eigenvalue weighted by atomic mass is 10.0. The highest BCUT2D eigenvalue weighted by Crippen LogP contribution is 2.22. The van der Waals surface area contributed by atoms with E-state index < -0.39 is 27.6 Å². The predicted molar refractivity (Wildman–Crippen MR) is 109 cm³/mol. The Morgan fingerprint density at radius 2 is 1.83 bits per heavy atom. The normalized spacial score (nSPS) is 13.6. The molecule has 0 aliphatic rings. The smallest absolute Gasteiger partial charge is 0.267 e. The van der Waals surface area contributed by atoms with Gasteiger partial charge in [-0.25, -0.2) is 4.98 Å². The third kappa shape index (κ3) is 7.85. The van der Waals surface area contributed by atoms with E-state index in [2.05, 4.69) is 9.97 Å². The van der Waals surface area contributed by atoms with Crippen LogP contribution in [-0.4, -0.2) is 52.1 Å². The van der Waals surface area contributed by atoms with E-state index in [9.17, 15) is 13.5 Å². The van der Waals surface area contributed by atoms with E-state index >= 15 is 0 Å². The number of aromatic nitrogens is 2. The van der Waals surface area contributed by atoms with Crippen molar-refractivity contribution in [3.05, 3.63) is 36.0 Å². The summed E-state index contributed by atoms with van der Waals surface area (Å²) in [6, 6.07) is 3.73. The maximum atomic E-state index is 10.9. The summed E-state index contributed by atoms with van der Waals surface area (Å²) >= 11 is 0. The highest BCUT2D eigenvalue weighted by atomic mass is 32.2. The lowest BCUT2D eigenvalue weighted by Gasteiger charge is -2.30. The quantitative estimate of drug-likeness (QED) is 0.392. The maximum absolute atomic E-state index is 10.9. The largest absolute Gasteiger partial charge is 0.441 e. The van der Waals surface area contributed by atoms with Crippen molar-refractivity contribution in [2.24, 2.45) is 0 Å². The molecule has 0 aliphatic heterocycles. The summed E-state index contributed by atoms with van der Waals surface area (Å²) < 4.78 is 42.0. The molecule has 0 fully saturated rings. The molecule has 0 radical (unpaired) electrons. The number of oxazole rings is 1. The second-order valence-corrected chi connectivity index (χ2v) is 9.14. The number of hydrogen-bond donors (Lipinski definition) is 2. The van der Waals surface area contributed by atoms with Crippen molar-refractivity contribution >= 4 is 10.1 Å². The van der Waals surface area contributed by atoms with Gasteiger partial charge in [0.05, 0.1) is 17.4 Å². The van der Waals surface area contributed by atoms with E-state index in [1.165, 1.54) is 0 Å². The average molecular weight is 427 g/mol. The number of aliphatic hydroxyl groups is 1. The van der Waals surface area contributed by atoms with Gasteiger partial charge in [0, 0.05) is 24.6 Å². The summed E-state index contributed by atoms with van der Waals surface area (Å²) in [5, 5.41) is 9.91. The van der Waals surface area contributed by atoms with E-state index in [1.807, 2.05) is 19.1 Å². The van der Waals surface area contributed by atoms with Gasteiger partial charge >= 0.3 is 0 Å². The monoisotopic (exact) mass is 426 g/mol. The van der Waals surface area contributed by atoms with Crippen molar-refractivity contribution in [2.75, 3.05) is 12.4 Å². The lowest BCUT2D eigenvalue weighted by Crippen LogP contribution is -2.43. The van der Waals surface area contributed by atoms with Gasteiger partial charge in [-0.3, -0.25) is 9.54 Å². The van der Waals surface area contributed by atoms with Crippen LogP contribution in [0.25, 0.3) is 11.5 Å². The molecule has 0 aromatic carbocycles. The minimum absolute atomic E-state index is 0.407. The molecule has 29 heavy (non-hydrogen) atoms. The van der Waals surface area contributed by atoms with Gasteiger partial charge in [-0.2, -0.15) is 8.42 Å². The third-order valence-corrected chi connectivity index (χ3v) is 5.51. The van der Waals surface area contributed by atoms with E-state index in [0.29, 0.717) is 12.5 Å². The molecular formula is C20H30N2O6S. The van der Waals surface area contributed by atoms with Gasteiger partial charge in [-0.15, -0.1) is 0 Å². The van der Waals surface area contributed by atoms with Gasteiger partial charge in [-0.05, 0) is 52.2 Å². The van der Waals surface area contributed by atoms with Gasteiger partial charge in [0.15, 0.2) is 0 Å². The van der Waals surface area contributed by atoms with Gasteiger partial charge in [0.1, 0.15) is 11.5 Å². The first-order valence-electron chi connectivity index (χ1n) is 9.72.